The van der Waals surface area contributed by atoms with Crippen LogP contribution in [0.25, 0.3) is 0 Å². The van der Waals surface area contributed by atoms with Gasteiger partial charge in [0.1, 0.15) is 0 Å². The van der Waals surface area contributed by atoms with Gasteiger partial charge in [-0.1, -0.05) is 51.0 Å². The average Bonchev–Trinajstić information content (AvgIpc) is 3.49. The molecule has 4 nitrogen and oxygen atoms in total. The Labute approximate surface area is 254 Å². The van der Waals surface area contributed by atoms with E-state index in [1.165, 1.54) is 62.8 Å². The minimum atomic E-state index is -0.122. The van der Waals surface area contributed by atoms with Crippen LogP contribution < -0.4 is 0 Å². The summed E-state index contributed by atoms with van der Waals surface area (Å²) in [5.41, 5.74) is 7.28. The zero-order valence-electron chi connectivity index (χ0n) is 26.9. The maximum absolute atomic E-state index is 10.4. The highest BCUT2D eigenvalue weighted by Gasteiger charge is 2.58. The van der Waals surface area contributed by atoms with Crippen molar-refractivity contribution >= 4 is 11.4 Å². The summed E-state index contributed by atoms with van der Waals surface area (Å²) in [7, 11) is 0. The van der Waals surface area contributed by atoms with E-state index in [-0.39, 0.29) is 12.2 Å². The summed E-state index contributed by atoms with van der Waals surface area (Å²) in [5.74, 6) is 4.56. The molecule has 8 aliphatic carbocycles. The van der Waals surface area contributed by atoms with E-state index in [9.17, 15) is 10.2 Å². The van der Waals surface area contributed by atoms with Crippen LogP contribution in [0.15, 0.2) is 33.5 Å². The van der Waals surface area contributed by atoms with E-state index in [0.717, 1.165) is 86.9 Å². The Kier molecular flexibility index (Phi) is 6.47. The minimum Gasteiger partial charge on any atom is -0.393 e. The van der Waals surface area contributed by atoms with Gasteiger partial charge in [-0.05, 0) is 160 Å². The minimum absolute atomic E-state index is 0.122. The van der Waals surface area contributed by atoms with Crippen molar-refractivity contribution in [2.24, 2.45) is 67.4 Å². The fraction of sp³-hybridized carbons (Fsp3) is 0.842. The van der Waals surface area contributed by atoms with E-state index in [1.807, 2.05) is 0 Å². The Morgan fingerprint density at radius 3 is 1.43 bits per heavy atom. The van der Waals surface area contributed by atoms with Crippen molar-refractivity contribution in [3.05, 3.63) is 23.3 Å². The SMILES string of the molecule is C[C@]12CCC3C(CC=C4CC(O)CC[C@@]43C)C1C/C(=N/N=C1/CC3C4CC=C5CC(O)CC[C@@]5(C)C4CC[C@@]3(C)C1)C2. The van der Waals surface area contributed by atoms with Crippen LogP contribution in [0.1, 0.15) is 130 Å². The van der Waals surface area contributed by atoms with Crippen LogP contribution in [0.3, 0.4) is 0 Å². The predicted octanol–water partition coefficient (Wildman–Crippen LogP) is 8.43. The Hall–Kier alpha value is -1.26. The second-order valence-corrected chi connectivity index (χ2v) is 17.8. The summed E-state index contributed by atoms with van der Waals surface area (Å²) in [5, 5.41) is 31.0. The molecule has 0 aromatic rings. The summed E-state index contributed by atoms with van der Waals surface area (Å²) in [6.07, 6.45) is 23.3. The van der Waals surface area contributed by atoms with E-state index < -0.39 is 0 Å². The van der Waals surface area contributed by atoms with E-state index in [0.29, 0.717) is 21.7 Å². The van der Waals surface area contributed by atoms with Gasteiger partial charge in [0, 0.05) is 11.4 Å². The van der Waals surface area contributed by atoms with Gasteiger partial charge in [-0.15, -0.1) is 0 Å². The lowest BCUT2D eigenvalue weighted by Crippen LogP contribution is -2.49. The molecule has 4 heteroatoms. The maximum atomic E-state index is 10.4. The number of hydrogen-bond donors (Lipinski definition) is 2. The van der Waals surface area contributed by atoms with Gasteiger partial charge in [-0.2, -0.15) is 10.2 Å². The molecule has 0 amide bonds. The van der Waals surface area contributed by atoms with Crippen molar-refractivity contribution < 1.29 is 10.2 Å². The molecule has 0 saturated heterocycles. The van der Waals surface area contributed by atoms with Gasteiger partial charge in [0.2, 0.25) is 0 Å². The second-order valence-electron chi connectivity index (χ2n) is 17.8. The van der Waals surface area contributed by atoms with Crippen molar-refractivity contribution in [1.29, 1.82) is 0 Å². The number of rotatable bonds is 1. The highest BCUT2D eigenvalue weighted by atomic mass is 16.3. The van der Waals surface area contributed by atoms with Gasteiger partial charge in [0.15, 0.2) is 0 Å². The lowest BCUT2D eigenvalue weighted by Gasteiger charge is -2.57. The molecule has 0 aliphatic heterocycles. The largest absolute Gasteiger partial charge is 0.393 e. The van der Waals surface area contributed by atoms with Gasteiger partial charge in [-0.3, -0.25) is 0 Å². The Bertz CT molecular complexity index is 1170. The van der Waals surface area contributed by atoms with Gasteiger partial charge in [0.25, 0.3) is 0 Å². The molecule has 8 aliphatic rings. The Balaban J connectivity index is 0.998. The molecule has 6 saturated carbocycles. The quantitative estimate of drug-likeness (QED) is 0.245. The van der Waals surface area contributed by atoms with Crippen LogP contribution >= 0.6 is 0 Å². The zero-order valence-corrected chi connectivity index (χ0v) is 26.9. The zero-order chi connectivity index (χ0) is 29.1. The Morgan fingerprint density at radius 1 is 0.571 bits per heavy atom. The smallest absolute Gasteiger partial charge is 0.0577 e. The lowest BCUT2D eigenvalue weighted by molar-refractivity contribution is -0.0360. The molecule has 8 rings (SSSR count). The molecule has 0 aromatic carbocycles. The van der Waals surface area contributed by atoms with Crippen LogP contribution in [0.2, 0.25) is 0 Å². The summed E-state index contributed by atoms with van der Waals surface area (Å²) in [6, 6.07) is 0. The van der Waals surface area contributed by atoms with Crippen LogP contribution in [-0.2, 0) is 0 Å². The van der Waals surface area contributed by atoms with Crippen molar-refractivity contribution in [3.8, 4) is 0 Å². The highest BCUT2D eigenvalue weighted by molar-refractivity contribution is 5.91. The summed E-state index contributed by atoms with van der Waals surface area (Å²) < 4.78 is 0. The molecule has 0 aromatic heterocycles. The van der Waals surface area contributed by atoms with Gasteiger partial charge in [-0.25, -0.2) is 0 Å². The molecule has 2 N–H and O–H groups in total. The van der Waals surface area contributed by atoms with Gasteiger partial charge < -0.3 is 10.2 Å². The van der Waals surface area contributed by atoms with Crippen LogP contribution in [0.4, 0.5) is 0 Å². The molecule has 0 radical (unpaired) electrons. The number of aliphatic hydroxyl groups is 2. The molecular weight excluding hydrogens is 516 g/mol. The third-order valence-electron chi connectivity index (χ3n) is 15.7. The molecule has 6 fully saturated rings. The molecular formula is C38H56N2O2. The fourth-order valence-electron chi connectivity index (χ4n) is 13.2. The first-order valence-electron chi connectivity index (χ1n) is 17.9. The molecule has 8 unspecified atom stereocenters. The molecule has 0 bridgehead atoms. The van der Waals surface area contributed by atoms with E-state index in [4.69, 9.17) is 10.2 Å². The fourth-order valence-corrected chi connectivity index (χ4v) is 13.2. The summed E-state index contributed by atoms with van der Waals surface area (Å²) >= 11 is 0. The van der Waals surface area contributed by atoms with Crippen molar-refractivity contribution in [2.45, 2.75) is 143 Å². The molecule has 0 spiro atoms. The topological polar surface area (TPSA) is 65.2 Å². The van der Waals surface area contributed by atoms with Crippen molar-refractivity contribution in [2.75, 3.05) is 0 Å². The van der Waals surface area contributed by atoms with E-state index >= 15 is 0 Å². The predicted molar refractivity (Wildman–Crippen MR) is 170 cm³/mol. The third kappa shape index (κ3) is 4.12. The monoisotopic (exact) mass is 572 g/mol. The lowest BCUT2D eigenvalue weighted by atomic mass is 9.48. The van der Waals surface area contributed by atoms with Crippen LogP contribution in [0, 0.1) is 57.2 Å². The van der Waals surface area contributed by atoms with Crippen LogP contribution in [0.5, 0.6) is 0 Å². The first kappa shape index (κ1) is 28.2. The third-order valence-corrected chi connectivity index (χ3v) is 15.7. The average molecular weight is 573 g/mol. The normalized spacial score (nSPS) is 55.1. The van der Waals surface area contributed by atoms with Crippen molar-refractivity contribution in [3.63, 3.8) is 0 Å². The number of aliphatic hydroxyl groups excluding tert-OH is 2. The molecule has 12 atom stereocenters. The van der Waals surface area contributed by atoms with Gasteiger partial charge in [0.05, 0.1) is 12.2 Å². The summed E-state index contributed by atoms with van der Waals surface area (Å²) in [6.45, 7) is 10.2. The number of hydrogen-bond acceptors (Lipinski definition) is 4. The van der Waals surface area contributed by atoms with Gasteiger partial charge >= 0.3 is 0 Å². The van der Waals surface area contributed by atoms with Crippen LogP contribution in [-0.4, -0.2) is 33.8 Å². The first-order chi connectivity index (χ1) is 20.0. The highest BCUT2D eigenvalue weighted by Crippen LogP contribution is 2.66. The summed E-state index contributed by atoms with van der Waals surface area (Å²) in [4.78, 5) is 0. The number of allylic oxidation sites excluding steroid dienone is 2. The number of fused-ring (bicyclic) bond motifs is 10. The number of nitrogens with zero attached hydrogens (tertiary/aromatic N) is 2. The van der Waals surface area contributed by atoms with E-state index in [1.54, 1.807) is 11.1 Å². The molecule has 42 heavy (non-hydrogen) atoms. The standard InChI is InChI=1S/C38H56N2O2/c1-35-13-11-31-29(7-5-23-17-27(41)9-15-37(23,31)3)33(35)19-25(21-35)39-40-26-20-34-30-8-6-24-18-28(42)10-16-38(24,4)32(30)12-14-36(34,2)22-26/h5-6,27-34,41-42H,7-22H2,1-4H3/b39-25-,40-26-/t27?,28?,29?,30?,31?,32?,33?,34?,35-,36+,37+,38-. The second kappa shape index (κ2) is 9.62. The van der Waals surface area contributed by atoms with E-state index in [2.05, 4.69) is 39.8 Å². The van der Waals surface area contributed by atoms with Crippen molar-refractivity contribution in [1.82, 2.24) is 0 Å². The molecule has 230 valence electrons. The maximum Gasteiger partial charge on any atom is 0.0577 e. The Morgan fingerprint density at radius 2 is 1.00 bits per heavy atom. The molecule has 0 heterocycles. The first-order valence-corrected chi connectivity index (χ1v) is 17.9.